The molecule has 4 heteroatoms. The fourth-order valence-corrected chi connectivity index (χ4v) is 3.64. The summed E-state index contributed by atoms with van der Waals surface area (Å²) in [5, 5.41) is 7.44. The van der Waals surface area contributed by atoms with Crippen LogP contribution in [0.3, 0.4) is 0 Å². The van der Waals surface area contributed by atoms with Gasteiger partial charge in [-0.2, -0.15) is 0 Å². The second-order valence-corrected chi connectivity index (χ2v) is 6.02. The smallest absolute Gasteiger partial charge is 0.143 e. The fourth-order valence-electron chi connectivity index (χ4n) is 2.30. The van der Waals surface area contributed by atoms with Crippen molar-refractivity contribution in [2.75, 3.05) is 26.0 Å². The van der Waals surface area contributed by atoms with Gasteiger partial charge in [0.05, 0.1) is 12.8 Å². The van der Waals surface area contributed by atoms with Crippen molar-refractivity contribution in [2.45, 2.75) is 36.5 Å². The van der Waals surface area contributed by atoms with Gasteiger partial charge in [-0.25, -0.2) is 0 Å². The molecule has 0 bridgehead atoms. The van der Waals surface area contributed by atoms with Crippen LogP contribution in [-0.4, -0.2) is 32.0 Å². The maximum Gasteiger partial charge on any atom is 0.143 e. The van der Waals surface area contributed by atoms with Crippen LogP contribution in [0.2, 0.25) is 0 Å². The van der Waals surface area contributed by atoms with Crippen LogP contribution in [0.25, 0.3) is 0 Å². The molecule has 2 atom stereocenters. The van der Waals surface area contributed by atoms with Crippen LogP contribution >= 0.6 is 11.8 Å². The van der Waals surface area contributed by atoms with Crippen molar-refractivity contribution in [1.29, 1.82) is 0 Å². The zero-order valence-electron chi connectivity index (χ0n) is 11.5. The number of thioether (sulfide) groups is 1. The van der Waals surface area contributed by atoms with E-state index in [1.807, 2.05) is 24.9 Å². The lowest BCUT2D eigenvalue weighted by molar-refractivity contribution is 0.414. The van der Waals surface area contributed by atoms with Crippen LogP contribution in [0.15, 0.2) is 17.0 Å². The van der Waals surface area contributed by atoms with Crippen LogP contribution in [0.5, 0.6) is 5.75 Å². The number of ether oxygens (including phenoxy) is 1. The van der Waals surface area contributed by atoms with Gasteiger partial charge in [0.1, 0.15) is 5.75 Å². The lowest BCUT2D eigenvalue weighted by atomic mass is 10.1. The summed E-state index contributed by atoms with van der Waals surface area (Å²) in [7, 11) is 3.74. The van der Waals surface area contributed by atoms with Gasteiger partial charge >= 0.3 is 0 Å². The van der Waals surface area contributed by atoms with E-state index < -0.39 is 0 Å². The second kappa shape index (κ2) is 5.85. The number of hydrogen-bond donors (Lipinski definition) is 2. The van der Waals surface area contributed by atoms with Crippen LogP contribution in [0.4, 0.5) is 5.69 Å². The van der Waals surface area contributed by atoms with E-state index in [4.69, 9.17) is 4.74 Å². The Morgan fingerprint density at radius 1 is 1.44 bits per heavy atom. The number of nitrogens with one attached hydrogen (secondary N) is 2. The molecule has 1 aliphatic rings. The Balaban J connectivity index is 2.27. The molecule has 0 amide bonds. The quantitative estimate of drug-likeness (QED) is 0.878. The summed E-state index contributed by atoms with van der Waals surface area (Å²) in [6.45, 7) is 5.47. The molecule has 0 aromatic heterocycles. The van der Waals surface area contributed by atoms with Gasteiger partial charge in [-0.3, -0.25) is 0 Å². The maximum atomic E-state index is 5.44. The monoisotopic (exact) mass is 266 g/mol. The lowest BCUT2D eigenvalue weighted by Gasteiger charge is -2.33. The zero-order valence-corrected chi connectivity index (χ0v) is 12.4. The first-order chi connectivity index (χ1) is 8.67. The predicted octanol–water partition coefficient (Wildman–Crippen LogP) is 2.89. The molecular weight excluding hydrogens is 244 g/mol. The molecule has 0 aliphatic carbocycles. The normalized spacial score (nSPS) is 22.2. The van der Waals surface area contributed by atoms with Crippen molar-refractivity contribution in [2.24, 2.45) is 0 Å². The first kappa shape index (κ1) is 13.6. The van der Waals surface area contributed by atoms with E-state index in [0.29, 0.717) is 11.3 Å². The minimum Gasteiger partial charge on any atom is -0.495 e. The number of methoxy groups -OCH3 is 1. The summed E-state index contributed by atoms with van der Waals surface area (Å²) < 4.78 is 5.44. The molecule has 1 aromatic carbocycles. The van der Waals surface area contributed by atoms with Gasteiger partial charge in [0.25, 0.3) is 0 Å². The van der Waals surface area contributed by atoms with E-state index in [1.54, 1.807) is 7.11 Å². The van der Waals surface area contributed by atoms with Gasteiger partial charge in [-0.15, -0.1) is 11.8 Å². The van der Waals surface area contributed by atoms with Crippen LogP contribution in [0, 0.1) is 6.92 Å². The highest BCUT2D eigenvalue weighted by molar-refractivity contribution is 8.00. The Morgan fingerprint density at radius 2 is 2.22 bits per heavy atom. The van der Waals surface area contributed by atoms with Gasteiger partial charge in [-0.05, 0) is 45.5 Å². The Labute approximate surface area is 114 Å². The molecule has 0 spiro atoms. The highest BCUT2D eigenvalue weighted by atomic mass is 32.2. The number of hydrogen-bond acceptors (Lipinski definition) is 4. The molecule has 2 unspecified atom stereocenters. The van der Waals surface area contributed by atoms with E-state index in [1.165, 1.54) is 16.9 Å². The Bertz CT molecular complexity index is 423. The Hall–Kier alpha value is -0.870. The molecular formula is C14H22N2OS. The van der Waals surface area contributed by atoms with Crippen LogP contribution in [0.1, 0.15) is 18.9 Å². The number of anilines is 1. The zero-order chi connectivity index (χ0) is 13.1. The predicted molar refractivity (Wildman–Crippen MR) is 79.0 cm³/mol. The molecule has 0 saturated carbocycles. The van der Waals surface area contributed by atoms with E-state index in [-0.39, 0.29) is 0 Å². The van der Waals surface area contributed by atoms with Crippen LogP contribution < -0.4 is 15.4 Å². The van der Waals surface area contributed by atoms with Crippen molar-refractivity contribution < 1.29 is 4.74 Å². The van der Waals surface area contributed by atoms with Gasteiger partial charge in [0.15, 0.2) is 0 Å². The summed E-state index contributed by atoms with van der Waals surface area (Å²) in [6, 6.07) is 4.64. The number of rotatable bonds is 4. The van der Waals surface area contributed by atoms with Crippen molar-refractivity contribution in [3.63, 3.8) is 0 Å². The third-order valence-corrected chi connectivity index (χ3v) is 5.12. The first-order valence-electron chi connectivity index (χ1n) is 6.42. The van der Waals surface area contributed by atoms with E-state index >= 15 is 0 Å². The topological polar surface area (TPSA) is 33.3 Å². The highest BCUT2D eigenvalue weighted by Gasteiger charge is 2.28. The van der Waals surface area contributed by atoms with E-state index in [0.717, 1.165) is 18.0 Å². The molecule has 18 heavy (non-hydrogen) atoms. The Kier molecular flexibility index (Phi) is 4.40. The lowest BCUT2D eigenvalue weighted by Crippen LogP contribution is -2.34. The third-order valence-electron chi connectivity index (χ3n) is 3.41. The summed E-state index contributed by atoms with van der Waals surface area (Å²) in [5.74, 6) is 0.946. The largest absolute Gasteiger partial charge is 0.495 e. The maximum absolute atomic E-state index is 5.44. The second-order valence-electron chi connectivity index (χ2n) is 4.77. The van der Waals surface area contributed by atoms with Gasteiger partial charge in [0.2, 0.25) is 0 Å². The van der Waals surface area contributed by atoms with Gasteiger partial charge < -0.3 is 15.4 Å². The molecule has 0 saturated heterocycles. The Morgan fingerprint density at radius 3 is 2.89 bits per heavy atom. The summed E-state index contributed by atoms with van der Waals surface area (Å²) in [5.41, 5.74) is 2.49. The van der Waals surface area contributed by atoms with Crippen molar-refractivity contribution in [3.8, 4) is 5.75 Å². The molecule has 3 nitrogen and oxygen atoms in total. The average Bonchev–Trinajstić information content (AvgIpc) is 2.37. The first-order valence-corrected chi connectivity index (χ1v) is 7.30. The molecule has 100 valence electrons. The molecule has 2 rings (SSSR count). The van der Waals surface area contributed by atoms with Crippen molar-refractivity contribution in [1.82, 2.24) is 5.32 Å². The number of benzene rings is 1. The third kappa shape index (κ3) is 2.59. The average molecular weight is 266 g/mol. The fraction of sp³-hybridized carbons (Fsp3) is 0.571. The minimum atomic E-state index is 0.464. The van der Waals surface area contributed by atoms with Gasteiger partial charge in [-0.1, -0.05) is 6.07 Å². The van der Waals surface area contributed by atoms with E-state index in [2.05, 4.69) is 30.5 Å². The number of fused-ring (bicyclic) bond motifs is 1. The summed E-state index contributed by atoms with van der Waals surface area (Å²) >= 11 is 1.98. The summed E-state index contributed by atoms with van der Waals surface area (Å²) in [4.78, 5) is 1.34. The van der Waals surface area contributed by atoms with Crippen molar-refractivity contribution >= 4 is 17.4 Å². The van der Waals surface area contributed by atoms with E-state index in [9.17, 15) is 0 Å². The minimum absolute atomic E-state index is 0.464. The molecule has 0 fully saturated rings. The molecule has 2 N–H and O–H groups in total. The highest BCUT2D eigenvalue weighted by Crippen LogP contribution is 2.45. The van der Waals surface area contributed by atoms with Crippen LogP contribution in [-0.2, 0) is 0 Å². The molecule has 1 aromatic rings. The summed E-state index contributed by atoms with van der Waals surface area (Å²) in [6.07, 6.45) is 1.17. The van der Waals surface area contributed by atoms with Crippen molar-refractivity contribution in [3.05, 3.63) is 17.7 Å². The molecule has 0 radical (unpaired) electrons. The molecule has 1 aliphatic heterocycles. The van der Waals surface area contributed by atoms with Gasteiger partial charge in [0, 0.05) is 16.2 Å². The standard InChI is InChI=1S/C14H22N2OS/c1-9-5-6-11(17-4)13-14(9)18-12(7-8-15-3)10(2)16-13/h5-6,10,12,15-16H,7-8H2,1-4H3. The number of aryl methyl sites for hydroxylation is 1. The molecule has 1 heterocycles. The SMILES string of the molecule is CNCCC1Sc2c(C)ccc(OC)c2NC1C.